The van der Waals surface area contributed by atoms with Gasteiger partial charge in [0.25, 0.3) is 0 Å². The van der Waals surface area contributed by atoms with Gasteiger partial charge in [-0.25, -0.2) is 0 Å². The first-order valence-corrected chi connectivity index (χ1v) is 4.98. The van der Waals surface area contributed by atoms with Crippen molar-refractivity contribution < 1.29 is 0 Å². The Morgan fingerprint density at radius 3 is 2.13 bits per heavy atom. The van der Waals surface area contributed by atoms with E-state index in [1.165, 1.54) is 31.2 Å². The first kappa shape index (κ1) is 14.7. The Balaban J connectivity index is 0.000000980. The highest BCUT2D eigenvalue weighted by Crippen LogP contribution is 2.39. The number of nitrogens with zero attached hydrogens (tertiary/aromatic N) is 1. The lowest BCUT2D eigenvalue weighted by Gasteiger charge is -2.27. The zero-order chi connectivity index (χ0) is 9.15. The van der Waals surface area contributed by atoms with Gasteiger partial charge in [-0.1, -0.05) is 12.8 Å². The van der Waals surface area contributed by atoms with E-state index in [2.05, 4.69) is 17.1 Å². The van der Waals surface area contributed by atoms with E-state index in [9.17, 15) is 0 Å². The summed E-state index contributed by atoms with van der Waals surface area (Å²) in [7, 11) is 0. The Labute approximate surface area is 103 Å². The van der Waals surface area contributed by atoms with Gasteiger partial charge in [0, 0.05) is 24.4 Å². The van der Waals surface area contributed by atoms with Crippen LogP contribution < -0.4 is 5.73 Å². The summed E-state index contributed by atoms with van der Waals surface area (Å²) in [6, 6.07) is 4.22. The fraction of sp³-hybridized carbons (Fsp3) is 0.545. The van der Waals surface area contributed by atoms with Gasteiger partial charge in [-0.2, -0.15) is 0 Å². The number of aromatic nitrogens is 1. The quantitative estimate of drug-likeness (QED) is 0.875. The third kappa shape index (κ3) is 2.83. The third-order valence-corrected chi connectivity index (χ3v) is 3.24. The molecule has 86 valence electrons. The zero-order valence-corrected chi connectivity index (χ0v) is 10.3. The van der Waals surface area contributed by atoms with Crippen LogP contribution in [0.4, 0.5) is 0 Å². The molecule has 0 unspecified atom stereocenters. The molecule has 0 aliphatic heterocycles. The highest BCUT2D eigenvalue weighted by atomic mass is 35.5. The highest BCUT2D eigenvalue weighted by molar-refractivity contribution is 5.85. The minimum atomic E-state index is 0. The van der Waals surface area contributed by atoms with Crippen molar-refractivity contribution in [2.24, 2.45) is 5.73 Å². The summed E-state index contributed by atoms with van der Waals surface area (Å²) in [6.45, 7) is 0.775. The molecule has 1 aromatic rings. The van der Waals surface area contributed by atoms with Gasteiger partial charge in [-0.15, -0.1) is 24.8 Å². The molecule has 0 bridgehead atoms. The van der Waals surface area contributed by atoms with Crippen LogP contribution >= 0.6 is 24.8 Å². The Morgan fingerprint density at radius 1 is 1.13 bits per heavy atom. The second kappa shape index (κ2) is 6.31. The Morgan fingerprint density at radius 2 is 1.67 bits per heavy atom. The minimum absolute atomic E-state index is 0. The first-order valence-electron chi connectivity index (χ1n) is 4.98. The van der Waals surface area contributed by atoms with Crippen LogP contribution in [0.3, 0.4) is 0 Å². The molecule has 0 spiro atoms. The summed E-state index contributed by atoms with van der Waals surface area (Å²) in [5, 5.41) is 0. The van der Waals surface area contributed by atoms with Crippen molar-refractivity contribution in [1.29, 1.82) is 0 Å². The summed E-state index contributed by atoms with van der Waals surface area (Å²) in [6.07, 6.45) is 8.86. The van der Waals surface area contributed by atoms with Crippen molar-refractivity contribution >= 4 is 24.8 Å². The molecule has 2 N–H and O–H groups in total. The van der Waals surface area contributed by atoms with Crippen LogP contribution in [0.25, 0.3) is 0 Å². The minimum Gasteiger partial charge on any atom is -0.330 e. The molecule has 2 rings (SSSR count). The molecule has 2 nitrogen and oxygen atoms in total. The summed E-state index contributed by atoms with van der Waals surface area (Å²) in [5.74, 6) is 0. The Hall–Kier alpha value is -0.310. The van der Waals surface area contributed by atoms with Gasteiger partial charge in [-0.05, 0) is 30.5 Å². The smallest absolute Gasteiger partial charge is 0.0270 e. The molecule has 0 atom stereocenters. The van der Waals surface area contributed by atoms with E-state index in [4.69, 9.17) is 5.73 Å². The zero-order valence-electron chi connectivity index (χ0n) is 8.69. The maximum atomic E-state index is 5.88. The van der Waals surface area contributed by atoms with Gasteiger partial charge in [0.15, 0.2) is 0 Å². The molecule has 0 saturated heterocycles. The average Bonchev–Trinajstić information content (AvgIpc) is 2.69. The van der Waals surface area contributed by atoms with Crippen molar-refractivity contribution in [1.82, 2.24) is 4.98 Å². The molecule has 0 amide bonds. The van der Waals surface area contributed by atoms with Gasteiger partial charge >= 0.3 is 0 Å². The summed E-state index contributed by atoms with van der Waals surface area (Å²) < 4.78 is 0. The van der Waals surface area contributed by atoms with Crippen molar-refractivity contribution in [3.63, 3.8) is 0 Å². The molecule has 1 fully saturated rings. The predicted molar refractivity (Wildman–Crippen MR) is 67.9 cm³/mol. The highest BCUT2D eigenvalue weighted by Gasteiger charge is 2.33. The monoisotopic (exact) mass is 248 g/mol. The fourth-order valence-corrected chi connectivity index (χ4v) is 2.37. The molecule has 15 heavy (non-hydrogen) atoms. The fourth-order valence-electron chi connectivity index (χ4n) is 2.37. The lowest BCUT2D eigenvalue weighted by Crippen LogP contribution is -2.31. The topological polar surface area (TPSA) is 38.9 Å². The molecule has 4 heteroatoms. The SMILES string of the molecule is Cl.Cl.NCC1(c2ccncc2)CCCC1. The van der Waals surface area contributed by atoms with Gasteiger partial charge in [0.05, 0.1) is 0 Å². The van der Waals surface area contributed by atoms with E-state index in [1.807, 2.05) is 12.4 Å². The Kier molecular flexibility index (Phi) is 6.18. The summed E-state index contributed by atoms with van der Waals surface area (Å²) in [5.41, 5.74) is 7.52. The average molecular weight is 249 g/mol. The second-order valence-corrected chi connectivity index (χ2v) is 3.93. The van der Waals surface area contributed by atoms with E-state index >= 15 is 0 Å². The van der Waals surface area contributed by atoms with E-state index in [1.54, 1.807) is 0 Å². The van der Waals surface area contributed by atoms with E-state index in [-0.39, 0.29) is 30.2 Å². The number of hydrogen-bond donors (Lipinski definition) is 1. The van der Waals surface area contributed by atoms with Crippen LogP contribution in [0.2, 0.25) is 0 Å². The van der Waals surface area contributed by atoms with Crippen LogP contribution in [0.15, 0.2) is 24.5 Å². The van der Waals surface area contributed by atoms with E-state index < -0.39 is 0 Å². The maximum Gasteiger partial charge on any atom is 0.0270 e. The molecule has 1 heterocycles. The predicted octanol–water partition coefficient (Wildman–Crippen LogP) is 2.70. The third-order valence-electron chi connectivity index (χ3n) is 3.24. The largest absolute Gasteiger partial charge is 0.330 e. The van der Waals surface area contributed by atoms with Crippen molar-refractivity contribution in [2.45, 2.75) is 31.1 Å². The Bertz CT molecular complexity index is 271. The molecule has 1 aliphatic carbocycles. The number of hydrogen-bond acceptors (Lipinski definition) is 2. The first-order chi connectivity index (χ1) is 6.37. The summed E-state index contributed by atoms with van der Waals surface area (Å²) >= 11 is 0. The number of pyridine rings is 1. The second-order valence-electron chi connectivity index (χ2n) is 3.93. The van der Waals surface area contributed by atoms with Gasteiger partial charge in [-0.3, -0.25) is 4.98 Å². The van der Waals surface area contributed by atoms with Gasteiger partial charge < -0.3 is 5.73 Å². The molecule has 0 aromatic carbocycles. The van der Waals surface area contributed by atoms with Crippen molar-refractivity contribution in [3.05, 3.63) is 30.1 Å². The van der Waals surface area contributed by atoms with E-state index in [0.717, 1.165) is 6.54 Å². The lowest BCUT2D eigenvalue weighted by molar-refractivity contribution is 0.452. The van der Waals surface area contributed by atoms with Crippen LogP contribution in [0.1, 0.15) is 31.2 Å². The molecule has 1 saturated carbocycles. The molecular weight excluding hydrogens is 231 g/mol. The molecule has 0 radical (unpaired) electrons. The van der Waals surface area contributed by atoms with Crippen LogP contribution in [0, 0.1) is 0 Å². The molecular formula is C11H18Cl2N2. The standard InChI is InChI=1S/C11H16N2.2ClH/c12-9-11(5-1-2-6-11)10-3-7-13-8-4-10;;/h3-4,7-8H,1-2,5-6,9,12H2;2*1H. The maximum absolute atomic E-state index is 5.88. The number of halogens is 2. The number of rotatable bonds is 2. The van der Waals surface area contributed by atoms with Crippen molar-refractivity contribution in [2.75, 3.05) is 6.54 Å². The normalized spacial score (nSPS) is 17.7. The number of nitrogens with two attached hydrogens (primary N) is 1. The van der Waals surface area contributed by atoms with Crippen LogP contribution in [-0.4, -0.2) is 11.5 Å². The molecule has 1 aliphatic rings. The summed E-state index contributed by atoms with van der Waals surface area (Å²) in [4.78, 5) is 4.04. The van der Waals surface area contributed by atoms with Gasteiger partial charge in [0.2, 0.25) is 0 Å². The lowest BCUT2D eigenvalue weighted by atomic mass is 9.79. The van der Waals surface area contributed by atoms with Crippen molar-refractivity contribution in [3.8, 4) is 0 Å². The van der Waals surface area contributed by atoms with E-state index in [0.29, 0.717) is 0 Å². The molecule has 1 aromatic heterocycles. The van der Waals surface area contributed by atoms with Gasteiger partial charge in [0.1, 0.15) is 0 Å². The van der Waals surface area contributed by atoms with Crippen LogP contribution in [0.5, 0.6) is 0 Å². The van der Waals surface area contributed by atoms with Crippen LogP contribution in [-0.2, 0) is 5.41 Å².